The Balaban J connectivity index is 5.43. The number of aliphatic hydroxyl groups is 1. The van der Waals surface area contributed by atoms with Crippen molar-refractivity contribution in [3.63, 3.8) is 0 Å². The quantitative estimate of drug-likeness (QED) is 0.0169. The van der Waals surface area contributed by atoms with Gasteiger partial charge in [0.1, 0.15) is 19.3 Å². The molecule has 0 saturated heterocycles. The minimum Gasteiger partial charge on any atom is -0.462 e. The second-order valence-electron chi connectivity index (χ2n) is 25.5. The fourth-order valence-corrected chi connectivity index (χ4v) is 11.4. The van der Waals surface area contributed by atoms with E-state index in [2.05, 4.69) is 174 Å². The summed E-state index contributed by atoms with van der Waals surface area (Å²) in [6, 6.07) is 0. The Hall–Kier alpha value is -5.06. The van der Waals surface area contributed by atoms with Gasteiger partial charge < -0.3 is 33.8 Å². The Bertz CT molecular complexity index is 2510. The Morgan fingerprint density at radius 3 is 0.863 bits per heavy atom. The van der Waals surface area contributed by atoms with E-state index in [1.807, 2.05) is 0 Å². The summed E-state index contributed by atoms with van der Waals surface area (Å²) in [5.74, 6) is -2.29. The van der Waals surface area contributed by atoms with Crippen molar-refractivity contribution in [1.82, 2.24) is 0 Å². The molecule has 0 aliphatic heterocycles. The van der Waals surface area contributed by atoms with Crippen molar-refractivity contribution < 1.29 is 80.2 Å². The highest BCUT2D eigenvalue weighted by Gasteiger charge is 2.30. The van der Waals surface area contributed by atoms with Gasteiger partial charge in [0.2, 0.25) is 0 Å². The molecular formula is C83H138O17P2. The van der Waals surface area contributed by atoms with E-state index >= 15 is 0 Å². The van der Waals surface area contributed by atoms with Gasteiger partial charge in [0, 0.05) is 25.7 Å². The van der Waals surface area contributed by atoms with E-state index in [-0.39, 0.29) is 25.7 Å². The summed E-state index contributed by atoms with van der Waals surface area (Å²) in [6.45, 7) is 4.46. The maximum absolute atomic E-state index is 13.1. The second kappa shape index (κ2) is 74.2. The minimum absolute atomic E-state index is 0.0300. The number of unbranched alkanes of at least 4 members (excludes halogenated alkanes) is 22. The van der Waals surface area contributed by atoms with Crippen LogP contribution < -0.4 is 0 Å². The zero-order valence-corrected chi connectivity index (χ0v) is 65.3. The van der Waals surface area contributed by atoms with Gasteiger partial charge in [-0.3, -0.25) is 37.3 Å². The molecule has 0 aliphatic carbocycles. The molecule has 3 N–H and O–H groups in total. The van der Waals surface area contributed by atoms with Crippen molar-refractivity contribution in [3.8, 4) is 0 Å². The molecule has 0 spiro atoms. The molecule has 0 rings (SSSR count). The number of rotatable bonds is 72. The van der Waals surface area contributed by atoms with Crippen molar-refractivity contribution in [2.24, 2.45) is 0 Å². The number of carbonyl (C=O) groups excluding carboxylic acids is 4. The van der Waals surface area contributed by atoms with Crippen molar-refractivity contribution >= 4 is 39.5 Å². The van der Waals surface area contributed by atoms with Gasteiger partial charge in [-0.15, -0.1) is 0 Å². The predicted octanol–water partition coefficient (Wildman–Crippen LogP) is 22.7. The highest BCUT2D eigenvalue weighted by Crippen LogP contribution is 2.45. The maximum Gasteiger partial charge on any atom is 0.472 e. The molecule has 17 nitrogen and oxygen atoms in total. The third-order valence-electron chi connectivity index (χ3n) is 15.7. The van der Waals surface area contributed by atoms with E-state index in [1.165, 1.54) is 38.5 Å². The summed E-state index contributed by atoms with van der Waals surface area (Å²) in [4.78, 5) is 72.9. The third kappa shape index (κ3) is 73.3. The lowest BCUT2D eigenvalue weighted by molar-refractivity contribution is -0.161. The molecule has 19 heteroatoms. The van der Waals surface area contributed by atoms with Crippen molar-refractivity contribution in [2.75, 3.05) is 39.6 Å². The zero-order valence-electron chi connectivity index (χ0n) is 63.5. The number of carbonyl (C=O) groups is 4. The Kier molecular flexibility index (Phi) is 70.5. The molecule has 0 bridgehead atoms. The van der Waals surface area contributed by atoms with Crippen molar-refractivity contribution in [1.29, 1.82) is 0 Å². The van der Waals surface area contributed by atoms with E-state index in [4.69, 9.17) is 37.0 Å². The summed E-state index contributed by atoms with van der Waals surface area (Å²) in [5.41, 5.74) is 0. The van der Waals surface area contributed by atoms with Crippen LogP contribution in [0, 0.1) is 0 Å². The van der Waals surface area contributed by atoms with Crippen LogP contribution in [0.4, 0.5) is 0 Å². The number of ether oxygens (including phenoxy) is 4. The van der Waals surface area contributed by atoms with Crippen LogP contribution in [0.5, 0.6) is 0 Å². The van der Waals surface area contributed by atoms with E-state index in [9.17, 15) is 43.2 Å². The smallest absolute Gasteiger partial charge is 0.462 e. The molecule has 0 aromatic heterocycles. The molecule has 0 radical (unpaired) electrons. The number of hydrogen-bond acceptors (Lipinski definition) is 15. The van der Waals surface area contributed by atoms with Crippen molar-refractivity contribution in [2.45, 2.75) is 316 Å². The summed E-state index contributed by atoms with van der Waals surface area (Å²) >= 11 is 0. The van der Waals surface area contributed by atoms with Crippen LogP contribution >= 0.6 is 15.6 Å². The van der Waals surface area contributed by atoms with Gasteiger partial charge in [-0.25, -0.2) is 9.13 Å². The van der Waals surface area contributed by atoms with Gasteiger partial charge in [0.25, 0.3) is 0 Å². The molecule has 0 aliphatic rings. The van der Waals surface area contributed by atoms with Crippen LogP contribution in [0.1, 0.15) is 297 Å². The number of allylic oxidation sites excluding steroid dienone is 24. The fraction of sp³-hybridized carbons (Fsp3) is 0.663. The van der Waals surface area contributed by atoms with Gasteiger partial charge in [-0.1, -0.05) is 257 Å². The van der Waals surface area contributed by atoms with Crippen LogP contribution in [0.2, 0.25) is 0 Å². The SMILES string of the molecule is CC/C=C\C/C=C\C/C=C\C/C=C\C/C=C\CCCCCC(=O)OCC(COP(=O)(O)OCC(O)COP(=O)(O)OCC(COC(=O)CCCCCCC/C=C\CCCCCCCC)OC(=O)CCCCCCC/C=C\C/C=C\CCC)OC(=O)CCCC/C=C\C/C=C\C/C=C\C/C=C\CC. The first-order chi connectivity index (χ1) is 49.7. The van der Waals surface area contributed by atoms with Crippen molar-refractivity contribution in [3.05, 3.63) is 146 Å². The Morgan fingerprint density at radius 1 is 0.284 bits per heavy atom. The number of phosphoric acid groups is 2. The fourth-order valence-electron chi connectivity index (χ4n) is 9.86. The summed E-state index contributed by atoms with van der Waals surface area (Å²) in [6.07, 6.45) is 84.1. The molecule has 0 heterocycles. The number of esters is 4. The monoisotopic (exact) mass is 1470 g/mol. The first kappa shape index (κ1) is 96.9. The topological polar surface area (TPSA) is 237 Å². The van der Waals surface area contributed by atoms with Crippen LogP contribution in [0.15, 0.2) is 146 Å². The number of phosphoric ester groups is 2. The van der Waals surface area contributed by atoms with E-state index in [0.717, 1.165) is 173 Å². The average Bonchev–Trinajstić information content (AvgIpc) is 0.924. The maximum atomic E-state index is 13.1. The molecule has 0 aromatic carbocycles. The van der Waals surface area contributed by atoms with Gasteiger partial charge in [0.15, 0.2) is 12.2 Å². The molecule has 0 amide bonds. The van der Waals surface area contributed by atoms with Crippen LogP contribution in [0.3, 0.4) is 0 Å². The highest BCUT2D eigenvalue weighted by atomic mass is 31.2. The van der Waals surface area contributed by atoms with Crippen LogP contribution in [0.25, 0.3) is 0 Å². The Morgan fingerprint density at radius 2 is 0.529 bits per heavy atom. The van der Waals surface area contributed by atoms with E-state index < -0.39 is 97.5 Å². The summed E-state index contributed by atoms with van der Waals surface area (Å²) in [7, 11) is -9.99. The minimum atomic E-state index is -5.00. The predicted molar refractivity (Wildman–Crippen MR) is 417 cm³/mol. The third-order valence-corrected chi connectivity index (χ3v) is 17.7. The van der Waals surface area contributed by atoms with E-state index in [0.29, 0.717) is 32.1 Å². The summed E-state index contributed by atoms with van der Waals surface area (Å²) in [5, 5.41) is 10.6. The van der Waals surface area contributed by atoms with Crippen LogP contribution in [-0.2, 0) is 65.4 Å². The first-order valence-electron chi connectivity index (χ1n) is 39.1. The van der Waals surface area contributed by atoms with Gasteiger partial charge in [-0.2, -0.15) is 0 Å². The largest absolute Gasteiger partial charge is 0.472 e. The lowest BCUT2D eigenvalue weighted by atomic mass is 10.1. The molecule has 582 valence electrons. The zero-order chi connectivity index (χ0) is 74.6. The Labute approximate surface area is 617 Å². The summed E-state index contributed by atoms with van der Waals surface area (Å²) < 4.78 is 68.4. The standard InChI is InChI=1S/C83H138O17P2/c1-5-9-13-17-21-25-29-33-36-37-38-39-42-45-48-52-56-60-64-68-81(86)94-74-79(100-83(88)70-66-62-58-54-50-46-41-35-31-27-23-19-15-11-7-3)76-98-102(91,92)96-72-77(84)71-95-101(89,90)97-75-78(99-82(87)69-65-61-57-53-49-43-32-28-24-20-16-12-8-4)73-93-80(85)67-63-59-55-51-47-44-40-34-30-26-22-18-14-10-6-2/h9,11,13,15-16,20-21,23,25,27-28,32-36,38-41,45,48,50,54,77-79,84H,5-8,10,12,14,17-19,22,24,26,29-31,37,42-44,46-47,49,51-53,55-76H2,1-4H3,(H,89,90)(H,91,92)/b13-9-,15-11-,20-16-,25-21-,27-23-,32-28-,36-33-,39-38-,40-34-,41-35-,48-45-,54-50-. The molecule has 102 heavy (non-hydrogen) atoms. The number of aliphatic hydroxyl groups excluding tert-OH is 1. The lowest BCUT2D eigenvalue weighted by Crippen LogP contribution is -2.30. The molecule has 5 unspecified atom stereocenters. The average molecular weight is 1470 g/mol. The molecular weight excluding hydrogens is 1330 g/mol. The van der Waals surface area contributed by atoms with Gasteiger partial charge >= 0.3 is 39.5 Å². The molecule has 5 atom stereocenters. The normalized spacial score (nSPS) is 14.7. The van der Waals surface area contributed by atoms with Crippen LogP contribution in [-0.4, -0.2) is 96.7 Å². The van der Waals surface area contributed by atoms with Gasteiger partial charge in [-0.05, 0) is 161 Å². The van der Waals surface area contributed by atoms with E-state index in [1.54, 1.807) is 0 Å². The first-order valence-corrected chi connectivity index (χ1v) is 42.1. The highest BCUT2D eigenvalue weighted by molar-refractivity contribution is 7.47. The number of hydrogen-bond donors (Lipinski definition) is 3. The van der Waals surface area contributed by atoms with Gasteiger partial charge in [0.05, 0.1) is 26.4 Å². The lowest BCUT2D eigenvalue weighted by Gasteiger charge is -2.21. The molecule has 0 saturated carbocycles. The molecule has 0 fully saturated rings. The molecule has 0 aromatic rings. The second-order valence-corrected chi connectivity index (χ2v) is 28.4.